The summed E-state index contributed by atoms with van der Waals surface area (Å²) in [4.78, 5) is 72.7. The SMILES string of the molecule is COC(=O)N[C@H](C(=O)N1CCC[C@@H]1c1nc2ccc(-c3ccc(-c4ccc(-c5cnc([C@H]6CCCN6C(=O)[C@H](NC(=O)OC)C(C)C)[nH]5)c5oncc45)c4c3C3(CCCC3)CC4)cc2[nH]1)C(C)C. The highest BCUT2D eigenvalue weighted by molar-refractivity contribution is 6.02. The molecule has 0 radical (unpaired) electrons. The number of ether oxygens (including phenoxy) is 2. The second-order valence-electron chi connectivity index (χ2n) is 19.9. The minimum atomic E-state index is -0.720. The van der Waals surface area contributed by atoms with Crippen LogP contribution in [0.1, 0.15) is 120 Å². The molecule has 4 aliphatic rings. The van der Waals surface area contributed by atoms with Gasteiger partial charge in [0.05, 0.1) is 60.8 Å². The van der Waals surface area contributed by atoms with Gasteiger partial charge in [-0.3, -0.25) is 9.59 Å². The summed E-state index contributed by atoms with van der Waals surface area (Å²) >= 11 is 0. The van der Waals surface area contributed by atoms with E-state index in [1.165, 1.54) is 49.3 Å². The average Bonchev–Trinajstić information content (AvgIpc) is 4.20. The quantitative estimate of drug-likeness (QED) is 0.0971. The lowest BCUT2D eigenvalue weighted by atomic mass is 9.76. The number of carbonyl (C=O) groups is 4. The van der Waals surface area contributed by atoms with Gasteiger partial charge < -0.3 is 44.4 Å². The highest BCUT2D eigenvalue weighted by atomic mass is 16.5. The number of hydrogen-bond acceptors (Lipinski definition) is 10. The Labute approximate surface area is 395 Å². The summed E-state index contributed by atoms with van der Waals surface area (Å²) in [7, 11) is 2.60. The highest BCUT2D eigenvalue weighted by Crippen LogP contribution is 2.56. The van der Waals surface area contributed by atoms with Crippen molar-refractivity contribution >= 4 is 46.0 Å². The maximum absolute atomic E-state index is 13.9. The number of nitrogens with one attached hydrogen (secondary N) is 4. The first kappa shape index (κ1) is 45.1. The summed E-state index contributed by atoms with van der Waals surface area (Å²) in [5, 5.41) is 10.7. The summed E-state index contributed by atoms with van der Waals surface area (Å²) in [6.45, 7) is 8.81. The fourth-order valence-electron chi connectivity index (χ4n) is 11.8. The number of benzene rings is 3. The molecule has 0 unspecified atom stereocenters. The van der Waals surface area contributed by atoms with Gasteiger partial charge in [0.1, 0.15) is 23.7 Å². The standard InChI is InChI=1S/C52H61N9O7/c1-28(2)43(58-50(64)66-5)48(62)60-23-9-11-40(60)46-53-27-39(57-46)35-17-16-33(36-26-54-68-45(35)36)32-15-14-31(42-34(32)19-22-52(42)20-7-8-21-52)30-13-18-37-38(25-30)56-47(55-37)41-12-10-24-61(41)49(63)44(29(3)4)59-51(65)67-6/h13-18,25-29,40-41,43-44H,7-12,19-24H2,1-6H3,(H,53,57)(H,55,56)(H,58,64)(H,59,65)/t40-,41-,43-,44+/m1/s1. The zero-order valence-electron chi connectivity index (χ0n) is 39.7. The first-order valence-electron chi connectivity index (χ1n) is 24.3. The molecule has 4 atom stereocenters. The zero-order chi connectivity index (χ0) is 47.4. The Morgan fingerprint density at radius 2 is 1.35 bits per heavy atom. The second-order valence-corrected chi connectivity index (χ2v) is 19.9. The van der Waals surface area contributed by atoms with Crippen LogP contribution in [0.3, 0.4) is 0 Å². The number of hydrogen-bond donors (Lipinski definition) is 4. The topological polar surface area (TPSA) is 201 Å². The largest absolute Gasteiger partial charge is 0.453 e. The van der Waals surface area contributed by atoms with Crippen LogP contribution in [-0.2, 0) is 30.9 Å². The van der Waals surface area contributed by atoms with Crippen LogP contribution in [0.4, 0.5) is 9.59 Å². The van der Waals surface area contributed by atoms with E-state index >= 15 is 0 Å². The average molecular weight is 924 g/mol. The van der Waals surface area contributed by atoms with E-state index in [0.717, 1.165) is 96.0 Å². The molecule has 4 amide bonds. The van der Waals surface area contributed by atoms with Crippen molar-refractivity contribution < 1.29 is 33.2 Å². The Hall–Kier alpha value is -6.71. The lowest BCUT2D eigenvalue weighted by molar-refractivity contribution is -0.136. The molecule has 1 saturated carbocycles. The normalized spacial score (nSPS) is 19.6. The van der Waals surface area contributed by atoms with Gasteiger partial charge >= 0.3 is 12.2 Å². The molecule has 10 rings (SSSR count). The number of nitrogens with zero attached hydrogens (tertiary/aromatic N) is 5. The Balaban J connectivity index is 0.958. The van der Waals surface area contributed by atoms with Crippen molar-refractivity contribution in [2.45, 2.75) is 121 Å². The van der Waals surface area contributed by atoms with Crippen molar-refractivity contribution in [3.63, 3.8) is 0 Å². The maximum atomic E-state index is 13.9. The molecule has 1 spiro atoms. The number of fused-ring (bicyclic) bond motifs is 4. The first-order chi connectivity index (χ1) is 32.9. The van der Waals surface area contributed by atoms with Crippen molar-refractivity contribution in [3.05, 3.63) is 77.6 Å². The molecule has 2 aliphatic heterocycles. The lowest BCUT2D eigenvalue weighted by Gasteiger charge is -2.30. The van der Waals surface area contributed by atoms with Crippen molar-refractivity contribution in [3.8, 4) is 33.5 Å². The second kappa shape index (κ2) is 18.1. The number of methoxy groups -OCH3 is 2. The van der Waals surface area contributed by atoms with E-state index < -0.39 is 24.3 Å². The lowest BCUT2D eigenvalue weighted by Crippen LogP contribution is -2.51. The van der Waals surface area contributed by atoms with Gasteiger partial charge in [0.2, 0.25) is 11.8 Å². The van der Waals surface area contributed by atoms with Crippen LogP contribution in [0.25, 0.3) is 55.5 Å². The van der Waals surface area contributed by atoms with Crippen molar-refractivity contribution in [2.75, 3.05) is 27.3 Å². The molecular formula is C52H61N9O7. The summed E-state index contributed by atoms with van der Waals surface area (Å²) < 4.78 is 15.7. The predicted molar refractivity (Wildman–Crippen MR) is 256 cm³/mol. The van der Waals surface area contributed by atoms with Crippen LogP contribution in [0, 0.1) is 11.8 Å². The van der Waals surface area contributed by atoms with Crippen molar-refractivity contribution in [1.29, 1.82) is 0 Å². The van der Waals surface area contributed by atoms with Crippen LogP contribution >= 0.6 is 0 Å². The molecule has 2 saturated heterocycles. The monoisotopic (exact) mass is 923 g/mol. The zero-order valence-corrected chi connectivity index (χ0v) is 39.7. The molecular weight excluding hydrogens is 863 g/mol. The first-order valence-corrected chi connectivity index (χ1v) is 24.3. The number of imidazole rings is 2. The smallest absolute Gasteiger partial charge is 0.407 e. The predicted octanol–water partition coefficient (Wildman–Crippen LogP) is 9.27. The third-order valence-corrected chi connectivity index (χ3v) is 15.3. The number of carbonyl (C=O) groups excluding carboxylic acids is 4. The number of likely N-dealkylation sites (tertiary alicyclic amines) is 2. The van der Waals surface area contributed by atoms with E-state index in [4.69, 9.17) is 24.0 Å². The fourth-order valence-corrected chi connectivity index (χ4v) is 11.8. The van der Waals surface area contributed by atoms with Gasteiger partial charge in [0.15, 0.2) is 5.58 Å². The number of amides is 4. The molecule has 6 aromatic rings. The molecule has 3 fully saturated rings. The van der Waals surface area contributed by atoms with E-state index in [-0.39, 0.29) is 41.1 Å². The van der Waals surface area contributed by atoms with Gasteiger partial charge in [0.25, 0.3) is 0 Å². The number of H-pyrrole nitrogens is 2. The number of aromatic amines is 2. The minimum Gasteiger partial charge on any atom is -0.453 e. The molecule has 4 N–H and O–H groups in total. The van der Waals surface area contributed by atoms with Crippen LogP contribution in [0.15, 0.2) is 59.4 Å². The van der Waals surface area contributed by atoms with E-state index in [2.05, 4.69) is 68.2 Å². The third kappa shape index (κ3) is 7.84. The maximum Gasteiger partial charge on any atom is 0.407 e. The Morgan fingerprint density at radius 1 is 0.735 bits per heavy atom. The number of alkyl carbamates (subject to hydrolysis) is 2. The summed E-state index contributed by atoms with van der Waals surface area (Å²) in [6, 6.07) is 13.4. The molecule has 2 aliphatic carbocycles. The fraction of sp³-hybridized carbons (Fsp3) is 0.481. The Bertz CT molecular complexity index is 2910. The summed E-state index contributed by atoms with van der Waals surface area (Å²) in [5.74, 6) is 0.901. The number of rotatable bonds is 11. The minimum absolute atomic E-state index is 0.102. The molecule has 356 valence electrons. The van der Waals surface area contributed by atoms with Gasteiger partial charge in [-0.1, -0.05) is 70.0 Å². The van der Waals surface area contributed by atoms with Crippen LogP contribution in [0.5, 0.6) is 0 Å². The van der Waals surface area contributed by atoms with E-state index in [1.807, 2.05) is 43.7 Å². The van der Waals surface area contributed by atoms with Gasteiger partial charge in [-0.2, -0.15) is 0 Å². The molecule has 16 nitrogen and oxygen atoms in total. The van der Waals surface area contributed by atoms with E-state index in [0.29, 0.717) is 24.5 Å². The van der Waals surface area contributed by atoms with Gasteiger partial charge in [-0.15, -0.1) is 0 Å². The highest BCUT2D eigenvalue weighted by Gasteiger charge is 2.44. The van der Waals surface area contributed by atoms with Crippen LogP contribution in [0.2, 0.25) is 0 Å². The Morgan fingerprint density at radius 3 is 2.00 bits per heavy atom. The molecule has 5 heterocycles. The summed E-state index contributed by atoms with van der Waals surface area (Å²) in [6.07, 6.45) is 12.4. The molecule has 3 aromatic carbocycles. The van der Waals surface area contributed by atoms with Gasteiger partial charge in [0, 0.05) is 18.7 Å². The number of aromatic nitrogens is 5. The van der Waals surface area contributed by atoms with E-state index in [9.17, 15) is 19.2 Å². The summed E-state index contributed by atoms with van der Waals surface area (Å²) in [5.41, 5.74) is 11.6. The van der Waals surface area contributed by atoms with E-state index in [1.54, 1.807) is 6.20 Å². The van der Waals surface area contributed by atoms with Crippen LogP contribution in [-0.4, -0.2) is 98.3 Å². The molecule has 16 heteroatoms. The third-order valence-electron chi connectivity index (χ3n) is 15.3. The van der Waals surface area contributed by atoms with Gasteiger partial charge in [-0.25, -0.2) is 19.6 Å². The molecule has 68 heavy (non-hydrogen) atoms. The molecule has 0 bridgehead atoms. The van der Waals surface area contributed by atoms with Crippen LogP contribution < -0.4 is 10.6 Å². The van der Waals surface area contributed by atoms with Crippen molar-refractivity contribution in [1.82, 2.24) is 45.5 Å². The Kier molecular flexibility index (Phi) is 12.0. The van der Waals surface area contributed by atoms with Gasteiger partial charge in [-0.05, 0) is 120 Å². The van der Waals surface area contributed by atoms with Crippen molar-refractivity contribution in [2.24, 2.45) is 11.8 Å². The molecule has 3 aromatic heterocycles.